The Labute approximate surface area is 505 Å². The first kappa shape index (κ1) is 76.7. The summed E-state index contributed by atoms with van der Waals surface area (Å²) in [7, 11) is -47.0. The third kappa shape index (κ3) is 47.2. The monoisotopic (exact) mass is 1510 g/mol. The average molecular weight is 1510 g/mol. The van der Waals surface area contributed by atoms with Crippen LogP contribution in [-0.2, 0) is 78.0 Å². The molecule has 0 aromatic rings. The molecule has 0 heterocycles. The molecule has 0 saturated carbocycles. The Morgan fingerprint density at radius 1 is 0.512 bits per heavy atom. The maximum atomic E-state index is 11.8. The van der Waals surface area contributed by atoms with E-state index in [1.54, 1.807) is 20.8 Å². The molecular weight excluding hydrogens is 1410 g/mol. The van der Waals surface area contributed by atoms with Gasteiger partial charge in [-0.3, -0.25) is 0 Å². The Balaban J connectivity index is 7.29. The van der Waals surface area contributed by atoms with E-state index in [0.717, 1.165) is 18.7 Å². The van der Waals surface area contributed by atoms with E-state index in [1.807, 2.05) is 10.2 Å². The zero-order valence-corrected chi connectivity index (χ0v) is 62.0. The van der Waals surface area contributed by atoms with Gasteiger partial charge in [-0.05, 0) is 19.4 Å². The summed E-state index contributed by atoms with van der Waals surface area (Å²) in [5.74, 6) is 0. The molecule has 0 fully saturated rings. The minimum absolute atomic E-state index is 0.00279. The predicted molar refractivity (Wildman–Crippen MR) is 334 cm³/mol. The zero-order valence-electron chi connectivity index (χ0n) is 49.3. The molecule has 80 heavy (non-hydrogen) atoms. The van der Waals surface area contributed by atoms with Gasteiger partial charge >= 0.3 is 433 Å². The number of nitrogens with one attached hydrogen (secondary N) is 5. The predicted octanol–water partition coefficient (Wildman–Crippen LogP) is 4.43. The van der Waals surface area contributed by atoms with Crippen LogP contribution >= 0.6 is 119 Å². The quantitative estimate of drug-likeness (QED) is 0.0132. The van der Waals surface area contributed by atoms with Gasteiger partial charge in [-0.15, -0.1) is 0 Å². The Bertz CT molecular complexity index is 2140. The molecule has 0 aromatic carbocycles. The van der Waals surface area contributed by atoms with Gasteiger partial charge in [0, 0.05) is 13.2 Å². The molecule has 0 rings (SSSR count). The topological polar surface area (TPSA) is 468 Å². The van der Waals surface area contributed by atoms with Gasteiger partial charge in [-0.25, -0.2) is 14.2 Å². The first-order valence-corrected chi connectivity index (χ1v) is 52.0. The SMILES string of the molecule is [2H]P(CSO[SiH](CCCNP(=O)(O)O)OCC)O[Si](CCCNP(=O)(O)O)(OCC)OSCP([2H])O[Si](CCCNP(=O)(O)O)(OCC)OP([2H])(C)(S)O[Si](CCCNP(=O)(O)O)(OCC)OP([2H])(C)(S)O[SiH](CCCNP(=O)(O)O)OCC. The molecule has 33 nitrogen and oxygen atoms in total. The van der Waals surface area contributed by atoms with E-state index >= 15 is 0 Å². The minimum atomic E-state index is -5.53. The molecule has 0 radical (unpaired) electrons. The molecule has 51 heteroatoms. The Kier molecular flexibility index (Phi) is 41.3. The fourth-order valence-electron chi connectivity index (χ4n) is 6.17. The van der Waals surface area contributed by atoms with Crippen LogP contribution in [0.15, 0.2) is 0 Å². The molecule has 0 spiro atoms. The molecule has 0 amide bonds. The summed E-state index contributed by atoms with van der Waals surface area (Å²) in [6.07, 6.45) is 0.0206. The van der Waals surface area contributed by atoms with Crippen molar-refractivity contribution in [1.29, 1.82) is 5.11 Å². The Hall–Kier alpha value is 4.23. The van der Waals surface area contributed by atoms with E-state index < -0.39 is 128 Å². The molecule has 0 aliphatic heterocycles. The Morgan fingerprint density at radius 3 is 1.29 bits per heavy atom. The normalized spacial score (nSPS) is 19.1. The summed E-state index contributed by atoms with van der Waals surface area (Å²) in [5, 5.41) is 10.3. The van der Waals surface area contributed by atoms with E-state index in [9.17, 15) is 65.8 Å². The molecule has 7 atom stereocenters. The standard InChI is InChI=1S/C29H88N5O28P9S4Si5/c1-8-50-76(23-13-18-30-67(35,36)37)57-65(6,72)58-80(54-12-5,27-17-22-34-71(47,48)49)60-66(7,73)59-78(52-10-3,25-15-20-32-69(41,42)43)55-64-29-75-62-79(53-11-4,26-16-21-33-70(44,45)46)56-63-28-74-61-77(51-9-2)24-14-19-31-68(38,39)40/h63-66,72-73,76-77H,8-29H2,1-7H3,(H3,30,35,36,37)(H3,31,38,39,40)(H3,32,41,42,43)(H3,33,44,45,46)(H3,34,47,48,49)/i63D,64D,65D,66D. The van der Waals surface area contributed by atoms with Gasteiger partial charge in [0.05, 0.1) is 0 Å². The number of rotatable bonds is 55. The van der Waals surface area contributed by atoms with Crippen molar-refractivity contribution in [3.8, 4) is 0 Å². The van der Waals surface area contributed by atoms with Gasteiger partial charge in [0.25, 0.3) is 0 Å². The van der Waals surface area contributed by atoms with Gasteiger partial charge in [0.2, 0.25) is 0 Å². The third-order valence-corrected chi connectivity index (χ3v) is 41.0. The van der Waals surface area contributed by atoms with Crippen molar-refractivity contribution in [3.05, 3.63) is 0 Å². The number of hydrogen-bond acceptors (Lipinski definition) is 22. The van der Waals surface area contributed by atoms with Crippen molar-refractivity contribution in [1.82, 2.24) is 25.4 Å². The third-order valence-electron chi connectivity index (χ3n) is 8.82. The van der Waals surface area contributed by atoms with Crippen molar-refractivity contribution in [2.75, 3.05) is 90.1 Å². The van der Waals surface area contributed by atoms with E-state index in [0.29, 0.717) is 24.5 Å². The Morgan fingerprint density at radius 2 is 0.850 bits per heavy atom. The van der Waals surface area contributed by atoms with Crippen molar-refractivity contribution in [2.24, 2.45) is 0 Å². The van der Waals surface area contributed by atoms with E-state index in [1.165, 1.54) is 20.5 Å². The number of hydrogen-bond donors (Lipinski definition) is 17. The second-order valence-electron chi connectivity index (χ2n) is 16.1. The van der Waals surface area contributed by atoms with E-state index in [2.05, 4.69) is 39.8 Å². The van der Waals surface area contributed by atoms with Crippen LogP contribution in [0, 0.1) is 0 Å². The van der Waals surface area contributed by atoms with Crippen LogP contribution in [-0.4, -0.2) is 189 Å². The molecule has 0 bridgehead atoms. The zero-order chi connectivity index (χ0) is 64.9. The second-order valence-corrected chi connectivity index (χ2v) is 49.7. The summed E-state index contributed by atoms with van der Waals surface area (Å²) in [6.45, 7) is -1.69. The number of thiol groups is 2. The van der Waals surface area contributed by atoms with Crippen molar-refractivity contribution in [2.45, 2.75) is 96.9 Å². The van der Waals surface area contributed by atoms with Crippen LogP contribution < -0.4 is 25.4 Å². The molecule has 0 saturated heterocycles. The first-order valence-electron chi connectivity index (χ1n) is 26.2. The average Bonchev–Trinajstić information content (AvgIpc) is 1.36. The van der Waals surface area contributed by atoms with Crippen LogP contribution in [0.3, 0.4) is 0 Å². The van der Waals surface area contributed by atoms with Crippen LogP contribution in [0.4, 0.5) is 0 Å². The summed E-state index contributed by atoms with van der Waals surface area (Å²) in [4.78, 5) is 94.0. The van der Waals surface area contributed by atoms with Crippen molar-refractivity contribution < 1.29 is 127 Å². The van der Waals surface area contributed by atoms with Crippen LogP contribution in [0.5, 0.6) is 0 Å². The summed E-state index contributed by atoms with van der Waals surface area (Å²) < 4.78 is 176. The summed E-state index contributed by atoms with van der Waals surface area (Å²) >= 11 is 10.8. The fourth-order valence-corrected chi connectivity index (χ4v) is 39.5. The molecule has 0 aromatic heterocycles. The van der Waals surface area contributed by atoms with Crippen molar-refractivity contribution >= 4 is 164 Å². The van der Waals surface area contributed by atoms with Crippen LogP contribution in [0.1, 0.15) is 66.7 Å². The van der Waals surface area contributed by atoms with Crippen LogP contribution in [0.2, 0.25) is 30.2 Å². The molecule has 15 N–H and O–H groups in total. The second kappa shape index (κ2) is 43.1. The summed E-state index contributed by atoms with van der Waals surface area (Å²) in [6, 6.07) is -0.450. The maximum absolute atomic E-state index is 11.8. The molecule has 0 aliphatic rings. The molecule has 0 aliphatic carbocycles. The van der Waals surface area contributed by atoms with Gasteiger partial charge < -0.3 is 27.9 Å². The van der Waals surface area contributed by atoms with Gasteiger partial charge in [0.15, 0.2) is 0 Å². The fraction of sp³-hybridized carbons (Fsp3) is 1.00. The van der Waals surface area contributed by atoms with E-state index in [-0.39, 0.29) is 114 Å². The first-order chi connectivity index (χ1) is 38.2. The van der Waals surface area contributed by atoms with Gasteiger partial charge in [0.1, 0.15) is 0 Å². The molecule has 486 valence electrons. The molecular formula is C29H88N5O28P9S4Si5. The summed E-state index contributed by atoms with van der Waals surface area (Å²) in [5.41, 5.74) is -0.459. The van der Waals surface area contributed by atoms with E-state index in [4.69, 9.17) is 66.2 Å². The van der Waals surface area contributed by atoms with Crippen LogP contribution in [0.25, 0.3) is 0 Å². The molecule has 7 unspecified atom stereocenters. The van der Waals surface area contributed by atoms with Crippen molar-refractivity contribution in [3.63, 3.8) is 0 Å². The van der Waals surface area contributed by atoms with Gasteiger partial charge in [-0.2, -0.15) is 0 Å². The van der Waals surface area contributed by atoms with Gasteiger partial charge in [-0.1, -0.05) is 0 Å².